The first-order valence-electron chi connectivity index (χ1n) is 10.2. The molecule has 0 bridgehead atoms. The topological polar surface area (TPSA) is 79.9 Å². The molecule has 6 nitrogen and oxygen atoms in total. The second-order valence-corrected chi connectivity index (χ2v) is 11.8. The van der Waals surface area contributed by atoms with Crippen molar-refractivity contribution in [3.8, 4) is 11.8 Å². The number of carbonyl (C=O) groups excluding carboxylic acids is 1. The number of anilines is 1. The lowest BCUT2D eigenvalue weighted by Crippen LogP contribution is -2.26. The van der Waals surface area contributed by atoms with Crippen molar-refractivity contribution in [3.63, 3.8) is 0 Å². The fraction of sp³-hybridized carbons (Fsp3) is 0.450. The van der Waals surface area contributed by atoms with Crippen molar-refractivity contribution in [2.75, 3.05) is 19.0 Å². The van der Waals surface area contributed by atoms with E-state index in [2.05, 4.69) is 10.4 Å². The summed E-state index contributed by atoms with van der Waals surface area (Å²) in [4.78, 5) is 10.3. The highest BCUT2D eigenvalue weighted by atomic mass is 35.5. The first-order valence-corrected chi connectivity index (χ1v) is 12.9. The molecule has 2 aliphatic rings. The largest absolute Gasteiger partial charge is 0.468 e. The van der Waals surface area contributed by atoms with Gasteiger partial charge in [-0.25, -0.2) is 4.68 Å². The summed E-state index contributed by atoms with van der Waals surface area (Å²) in [6.45, 7) is 0.430. The maximum absolute atomic E-state index is 13.3. The number of nitriles is 1. The number of nitrogens with zero attached hydrogens (tertiary/aromatic N) is 3. The molecule has 14 heteroatoms. The van der Waals surface area contributed by atoms with Gasteiger partial charge in [-0.05, 0) is 43.7 Å². The molecule has 0 amide bonds. The van der Waals surface area contributed by atoms with E-state index < -0.39 is 36.5 Å². The van der Waals surface area contributed by atoms with Crippen LogP contribution in [0.15, 0.2) is 17.0 Å². The molecule has 186 valence electrons. The van der Waals surface area contributed by atoms with Crippen LogP contribution in [-0.4, -0.2) is 29.4 Å². The minimum absolute atomic E-state index is 0.0840. The van der Waals surface area contributed by atoms with Crippen molar-refractivity contribution in [1.29, 1.82) is 5.26 Å². The van der Waals surface area contributed by atoms with Gasteiger partial charge in [-0.3, -0.25) is 4.79 Å². The Balaban J connectivity index is 1.92. The van der Waals surface area contributed by atoms with Gasteiger partial charge in [0.2, 0.25) is 0 Å². The third kappa shape index (κ3) is 4.29. The summed E-state index contributed by atoms with van der Waals surface area (Å²) < 4.78 is 72.6. The zero-order valence-corrected chi connectivity index (χ0v) is 20.0. The maximum Gasteiger partial charge on any atom is 0.316 e. The quantitative estimate of drug-likeness (QED) is 0.296. The van der Waals surface area contributed by atoms with E-state index in [-0.39, 0.29) is 34.9 Å². The predicted octanol–water partition coefficient (Wildman–Crippen LogP) is 7.12. The van der Waals surface area contributed by atoms with Gasteiger partial charge in [0.15, 0.2) is 5.69 Å². The van der Waals surface area contributed by atoms with Crippen LogP contribution in [0.5, 0.6) is 0 Å². The third-order valence-electron chi connectivity index (χ3n) is 6.23. The SMILES string of the molecule is COC(=O)C1(c2c(C#N)nn(-c3c(Cl)cc(S(F)(F)(F)(F)F)cc3Cl)c2NCC2CCC2)CC1. The number of halogens is 7. The lowest BCUT2D eigenvalue weighted by Gasteiger charge is -2.40. The van der Waals surface area contributed by atoms with E-state index in [1.807, 2.05) is 6.07 Å². The number of esters is 1. The number of nitrogens with one attached hydrogen (secondary N) is 1. The van der Waals surface area contributed by atoms with E-state index in [1.54, 1.807) is 0 Å². The summed E-state index contributed by atoms with van der Waals surface area (Å²) in [5.74, 6) is -0.157. The molecular formula is C20H19Cl2F5N4O2S. The van der Waals surface area contributed by atoms with E-state index in [4.69, 9.17) is 27.9 Å². The third-order valence-corrected chi connectivity index (χ3v) is 7.93. The number of hydrogen-bond donors (Lipinski definition) is 1. The number of aromatic nitrogens is 2. The minimum atomic E-state index is -10.1. The molecular weight excluding hydrogens is 526 g/mol. The van der Waals surface area contributed by atoms with E-state index in [0.29, 0.717) is 25.3 Å². The molecule has 0 radical (unpaired) electrons. The van der Waals surface area contributed by atoms with Crippen LogP contribution in [0.4, 0.5) is 25.2 Å². The van der Waals surface area contributed by atoms with Gasteiger partial charge in [0.25, 0.3) is 0 Å². The molecule has 2 fully saturated rings. The van der Waals surface area contributed by atoms with Crippen molar-refractivity contribution in [2.24, 2.45) is 5.92 Å². The molecule has 0 spiro atoms. The summed E-state index contributed by atoms with van der Waals surface area (Å²) in [7, 11) is -8.86. The molecule has 2 saturated carbocycles. The van der Waals surface area contributed by atoms with E-state index in [9.17, 15) is 29.5 Å². The Kier molecular flexibility index (Phi) is 5.40. The highest BCUT2D eigenvalue weighted by Gasteiger charge is 2.66. The number of hydrogen-bond acceptors (Lipinski definition) is 5. The van der Waals surface area contributed by atoms with Crippen molar-refractivity contribution in [2.45, 2.75) is 42.4 Å². The second kappa shape index (κ2) is 7.38. The molecule has 1 heterocycles. The molecule has 4 rings (SSSR count). The molecule has 0 unspecified atom stereocenters. The Morgan fingerprint density at radius 1 is 1.26 bits per heavy atom. The van der Waals surface area contributed by atoms with Gasteiger partial charge < -0.3 is 10.1 Å². The molecule has 2 aromatic rings. The van der Waals surface area contributed by atoms with Crippen molar-refractivity contribution in [1.82, 2.24) is 9.78 Å². The molecule has 0 atom stereocenters. The summed E-state index contributed by atoms with van der Waals surface area (Å²) >= 11 is 12.1. The lowest BCUT2D eigenvalue weighted by molar-refractivity contribution is -0.143. The molecule has 2 aliphatic carbocycles. The number of carbonyl (C=O) groups is 1. The first-order chi connectivity index (χ1) is 15.6. The zero-order chi connectivity index (χ0) is 25.2. The van der Waals surface area contributed by atoms with E-state index in [0.717, 1.165) is 23.9 Å². The van der Waals surface area contributed by atoms with Crippen LogP contribution in [0.3, 0.4) is 0 Å². The monoisotopic (exact) mass is 544 g/mol. The van der Waals surface area contributed by atoms with Crippen LogP contribution in [0.25, 0.3) is 5.69 Å². The van der Waals surface area contributed by atoms with Gasteiger partial charge in [0, 0.05) is 6.54 Å². The second-order valence-electron chi connectivity index (χ2n) is 8.55. The van der Waals surface area contributed by atoms with E-state index in [1.165, 1.54) is 7.11 Å². The van der Waals surface area contributed by atoms with Gasteiger partial charge >= 0.3 is 16.2 Å². The average Bonchev–Trinajstić information content (AvgIpc) is 3.40. The highest BCUT2D eigenvalue weighted by molar-refractivity contribution is 8.45. The van der Waals surface area contributed by atoms with Crippen molar-refractivity contribution < 1.29 is 29.0 Å². The molecule has 0 saturated heterocycles. The van der Waals surface area contributed by atoms with Crippen LogP contribution in [0.2, 0.25) is 10.0 Å². The predicted molar refractivity (Wildman–Crippen MR) is 118 cm³/mol. The minimum Gasteiger partial charge on any atom is -0.468 e. The van der Waals surface area contributed by atoms with Crippen LogP contribution >= 0.6 is 33.4 Å². The normalized spacial score (nSPS) is 19.4. The molecule has 1 aromatic heterocycles. The van der Waals surface area contributed by atoms with Gasteiger partial charge in [-0.15, -0.1) is 0 Å². The average molecular weight is 545 g/mol. The standard InChI is InChI=1S/C20H19Cl2F5N4O2S/c1-33-19(32)20(5-6-20)16-15(9-28)30-31(18(16)29-10-11-3-2-4-11)17-13(21)7-12(8-14(17)22)34(23,24,25,26)27/h7-8,11,29H,2-6,10H2,1H3. The lowest BCUT2D eigenvalue weighted by atomic mass is 9.85. The number of benzene rings is 1. The maximum atomic E-state index is 13.3. The Morgan fingerprint density at radius 2 is 1.85 bits per heavy atom. The summed E-state index contributed by atoms with van der Waals surface area (Å²) in [5.41, 5.74) is -1.45. The van der Waals surface area contributed by atoms with Crippen LogP contribution in [0, 0.1) is 17.2 Å². The number of rotatable bonds is 7. The van der Waals surface area contributed by atoms with Crippen LogP contribution in [-0.2, 0) is 14.9 Å². The van der Waals surface area contributed by atoms with Crippen LogP contribution in [0.1, 0.15) is 43.4 Å². The molecule has 1 N–H and O–H groups in total. The van der Waals surface area contributed by atoms with Gasteiger partial charge in [-0.2, -0.15) is 10.4 Å². The summed E-state index contributed by atoms with van der Waals surface area (Å²) in [6, 6.07) is 2.06. The smallest absolute Gasteiger partial charge is 0.316 e. The highest BCUT2D eigenvalue weighted by Crippen LogP contribution is 3.02. The summed E-state index contributed by atoms with van der Waals surface area (Å²) in [5, 5.41) is 15.5. The number of methoxy groups -OCH3 is 1. The molecule has 34 heavy (non-hydrogen) atoms. The summed E-state index contributed by atoms with van der Waals surface area (Å²) in [6.07, 6.45) is 3.67. The van der Waals surface area contributed by atoms with Gasteiger partial charge in [-0.1, -0.05) is 49.1 Å². The molecule has 1 aromatic carbocycles. The fourth-order valence-corrected chi connectivity index (χ4v) is 5.51. The Bertz CT molecular complexity index is 1210. The van der Waals surface area contributed by atoms with Crippen molar-refractivity contribution in [3.05, 3.63) is 33.4 Å². The molecule has 0 aliphatic heterocycles. The fourth-order valence-electron chi connectivity index (χ4n) is 4.06. The Hall–Kier alpha value is -2.23. The Labute approximate surface area is 201 Å². The van der Waals surface area contributed by atoms with E-state index >= 15 is 0 Å². The van der Waals surface area contributed by atoms with Crippen LogP contribution < -0.4 is 5.32 Å². The number of ether oxygens (including phenoxy) is 1. The Morgan fingerprint density at radius 3 is 2.26 bits per heavy atom. The zero-order valence-electron chi connectivity index (χ0n) is 17.7. The van der Waals surface area contributed by atoms with Gasteiger partial charge in [0.1, 0.15) is 22.5 Å². The van der Waals surface area contributed by atoms with Crippen molar-refractivity contribution >= 4 is 45.2 Å². The first kappa shape index (κ1) is 24.9. The van der Waals surface area contributed by atoms with Gasteiger partial charge in [0.05, 0.1) is 28.1 Å².